The van der Waals surface area contributed by atoms with Gasteiger partial charge in [0.15, 0.2) is 5.58 Å². The first-order chi connectivity index (χ1) is 19.8. The van der Waals surface area contributed by atoms with Crippen molar-refractivity contribution in [2.24, 2.45) is 0 Å². The van der Waals surface area contributed by atoms with Gasteiger partial charge in [0, 0.05) is 22.2 Å². The fourth-order valence-electron chi connectivity index (χ4n) is 6.81. The van der Waals surface area contributed by atoms with Crippen molar-refractivity contribution in [3.05, 3.63) is 50.3 Å². The number of methoxy groups -OCH3 is 3. The zero-order valence-corrected chi connectivity index (χ0v) is 27.6. The predicted octanol–water partition coefficient (Wildman–Crippen LogP) is 8.26. The molecule has 0 saturated carbocycles. The average molecular weight is 615 g/mol. The number of phenols is 1. The summed E-state index contributed by atoms with van der Waals surface area (Å²) in [6.07, 6.45) is 0. The third kappa shape index (κ3) is 4.81. The molecule has 0 saturated heterocycles. The molecule has 4 rings (SSSR count). The molecule has 4 aromatic rings. The SMILES string of the molecule is COC(=O)c1c(C)cc(CO[Si](C(C)C)(C(C)C)C(C)C)c2c1oc(=O)c1cc3c(OC)c(Cl)cc(OC)c3c(O)c12. The zero-order valence-electron chi connectivity index (χ0n) is 25.9. The molecule has 1 aromatic heterocycles. The van der Waals surface area contributed by atoms with Crippen molar-refractivity contribution in [3.8, 4) is 17.2 Å². The number of carbonyl (C=O) groups excluding carboxylic acids is 1. The van der Waals surface area contributed by atoms with E-state index < -0.39 is 19.9 Å². The molecule has 0 aliphatic heterocycles. The summed E-state index contributed by atoms with van der Waals surface area (Å²) in [5, 5.41) is 13.6. The predicted molar refractivity (Wildman–Crippen MR) is 169 cm³/mol. The van der Waals surface area contributed by atoms with Crippen LogP contribution in [0.25, 0.3) is 32.5 Å². The molecule has 3 aromatic carbocycles. The van der Waals surface area contributed by atoms with E-state index in [1.165, 1.54) is 21.3 Å². The third-order valence-electron chi connectivity index (χ3n) is 8.49. The summed E-state index contributed by atoms with van der Waals surface area (Å²) in [7, 11) is 1.86. The topological polar surface area (TPSA) is 104 Å². The van der Waals surface area contributed by atoms with Crippen molar-refractivity contribution in [1.29, 1.82) is 0 Å². The van der Waals surface area contributed by atoms with E-state index >= 15 is 0 Å². The Morgan fingerprint density at radius 3 is 2.07 bits per heavy atom. The molecule has 8 nitrogen and oxygen atoms in total. The zero-order chi connectivity index (χ0) is 31.3. The minimum atomic E-state index is -2.32. The Balaban J connectivity index is 2.22. The normalized spacial score (nSPS) is 12.3. The van der Waals surface area contributed by atoms with E-state index in [-0.39, 0.29) is 45.0 Å². The number of ether oxygens (including phenoxy) is 3. The number of halogens is 1. The summed E-state index contributed by atoms with van der Waals surface area (Å²) >= 11 is 6.45. The van der Waals surface area contributed by atoms with Gasteiger partial charge in [0.1, 0.15) is 22.8 Å². The van der Waals surface area contributed by atoms with Gasteiger partial charge >= 0.3 is 11.6 Å². The van der Waals surface area contributed by atoms with Crippen LogP contribution in [0.4, 0.5) is 0 Å². The number of hydrogen-bond donors (Lipinski definition) is 1. The first kappa shape index (κ1) is 31.7. The van der Waals surface area contributed by atoms with Crippen LogP contribution >= 0.6 is 11.6 Å². The number of aromatic hydroxyl groups is 1. The van der Waals surface area contributed by atoms with E-state index in [1.807, 2.05) is 6.07 Å². The van der Waals surface area contributed by atoms with Crippen molar-refractivity contribution in [2.45, 2.75) is 71.7 Å². The van der Waals surface area contributed by atoms with E-state index in [0.29, 0.717) is 49.7 Å². The molecular formula is C32H39ClO8Si. The van der Waals surface area contributed by atoms with Crippen LogP contribution in [0.5, 0.6) is 17.2 Å². The van der Waals surface area contributed by atoms with Gasteiger partial charge in [-0.25, -0.2) is 9.59 Å². The highest BCUT2D eigenvalue weighted by atomic mass is 35.5. The molecule has 0 radical (unpaired) electrons. The summed E-state index contributed by atoms with van der Waals surface area (Å²) in [5.74, 6) is -0.323. The molecule has 0 unspecified atom stereocenters. The molecule has 0 spiro atoms. The van der Waals surface area contributed by atoms with Crippen molar-refractivity contribution in [2.75, 3.05) is 21.3 Å². The largest absolute Gasteiger partial charge is 0.506 e. The van der Waals surface area contributed by atoms with E-state index in [1.54, 1.807) is 19.1 Å². The Bertz CT molecular complexity index is 1730. The first-order valence-electron chi connectivity index (χ1n) is 14.0. The monoisotopic (exact) mass is 614 g/mol. The molecule has 0 bridgehead atoms. The fourth-order valence-corrected chi connectivity index (χ4v) is 12.5. The number of phenolic OH excluding ortho intramolecular Hbond substituents is 1. The van der Waals surface area contributed by atoms with Crippen molar-refractivity contribution in [1.82, 2.24) is 0 Å². The van der Waals surface area contributed by atoms with Crippen LogP contribution in [0.2, 0.25) is 21.6 Å². The second-order valence-electron chi connectivity index (χ2n) is 11.6. The molecule has 0 atom stereocenters. The van der Waals surface area contributed by atoms with Gasteiger partial charge in [-0.15, -0.1) is 0 Å². The summed E-state index contributed by atoms with van der Waals surface area (Å²) in [4.78, 5) is 26.5. The highest BCUT2D eigenvalue weighted by Crippen LogP contribution is 2.49. The lowest BCUT2D eigenvalue weighted by Crippen LogP contribution is -2.47. The molecular weight excluding hydrogens is 576 g/mol. The lowest BCUT2D eigenvalue weighted by atomic mass is 9.93. The molecule has 1 N–H and O–H groups in total. The van der Waals surface area contributed by atoms with Crippen molar-refractivity contribution < 1.29 is 33.0 Å². The second kappa shape index (κ2) is 11.8. The summed E-state index contributed by atoms with van der Waals surface area (Å²) in [6.45, 7) is 15.2. The van der Waals surface area contributed by atoms with Gasteiger partial charge in [-0.3, -0.25) is 0 Å². The summed E-state index contributed by atoms with van der Waals surface area (Å²) < 4.78 is 29.0. The van der Waals surface area contributed by atoms with Crippen LogP contribution < -0.4 is 15.1 Å². The Morgan fingerprint density at radius 1 is 0.929 bits per heavy atom. The van der Waals surface area contributed by atoms with Gasteiger partial charge in [-0.05, 0) is 40.7 Å². The van der Waals surface area contributed by atoms with Gasteiger partial charge in [-0.2, -0.15) is 0 Å². The van der Waals surface area contributed by atoms with Crippen LogP contribution in [0, 0.1) is 6.92 Å². The Morgan fingerprint density at radius 2 is 1.55 bits per heavy atom. The third-order valence-corrected chi connectivity index (χ3v) is 14.8. The lowest BCUT2D eigenvalue weighted by Gasteiger charge is -2.42. The van der Waals surface area contributed by atoms with Crippen molar-refractivity contribution >= 4 is 58.4 Å². The number of aryl methyl sites for hydroxylation is 1. The van der Waals surface area contributed by atoms with Crippen LogP contribution in [0.3, 0.4) is 0 Å². The summed E-state index contributed by atoms with van der Waals surface area (Å²) in [6, 6.07) is 4.96. The maximum absolute atomic E-state index is 13.5. The highest BCUT2D eigenvalue weighted by molar-refractivity contribution is 6.77. The molecule has 0 fully saturated rings. The quantitative estimate of drug-likeness (QED) is 0.0660. The van der Waals surface area contributed by atoms with Gasteiger partial charge in [0.05, 0.1) is 43.7 Å². The maximum Gasteiger partial charge on any atom is 0.344 e. The molecule has 0 aliphatic carbocycles. The van der Waals surface area contributed by atoms with E-state index in [2.05, 4.69) is 41.5 Å². The van der Waals surface area contributed by atoms with Crippen LogP contribution in [0.1, 0.15) is 63.0 Å². The molecule has 1 heterocycles. The van der Waals surface area contributed by atoms with Gasteiger partial charge in [-0.1, -0.05) is 59.2 Å². The fraction of sp³-hybridized carbons (Fsp3) is 0.438. The number of benzene rings is 3. The number of hydrogen-bond acceptors (Lipinski definition) is 8. The number of carbonyl (C=O) groups is 1. The summed E-state index contributed by atoms with van der Waals surface area (Å²) in [5.41, 5.74) is 1.61. The van der Waals surface area contributed by atoms with Crippen LogP contribution in [-0.2, 0) is 15.8 Å². The molecule has 226 valence electrons. The van der Waals surface area contributed by atoms with Gasteiger partial charge in [0.25, 0.3) is 0 Å². The average Bonchev–Trinajstić information content (AvgIpc) is 2.92. The second-order valence-corrected chi connectivity index (χ2v) is 17.5. The van der Waals surface area contributed by atoms with Crippen LogP contribution in [0.15, 0.2) is 27.4 Å². The van der Waals surface area contributed by atoms with Crippen molar-refractivity contribution in [3.63, 3.8) is 0 Å². The number of rotatable bonds is 9. The molecule has 0 aliphatic rings. The van der Waals surface area contributed by atoms with E-state index in [9.17, 15) is 14.7 Å². The molecule has 10 heteroatoms. The van der Waals surface area contributed by atoms with Gasteiger partial charge < -0.3 is 28.2 Å². The Labute approximate surface area is 251 Å². The van der Waals surface area contributed by atoms with E-state index in [4.69, 9.17) is 34.7 Å². The first-order valence-corrected chi connectivity index (χ1v) is 16.5. The molecule has 0 amide bonds. The number of fused-ring (bicyclic) bond motifs is 4. The minimum absolute atomic E-state index is 0.0263. The molecule has 42 heavy (non-hydrogen) atoms. The maximum atomic E-state index is 13.5. The standard InChI is InChI=1S/C32H39ClO8Si/c1-15(2)42(16(3)4,17(5)6)40-14-19-11-18(7)24(32(36)39-10)30-25(19)27-21(31(35)41-30)12-20-26(28(27)34)23(37-8)13-22(33)29(20)38-9/h11-13,15-17,34H,14H2,1-10H3. The number of esters is 1. The van der Waals surface area contributed by atoms with Crippen LogP contribution in [-0.4, -0.2) is 40.7 Å². The minimum Gasteiger partial charge on any atom is -0.506 e. The Kier molecular flexibility index (Phi) is 8.88. The Hall–Kier alpha value is -3.27. The van der Waals surface area contributed by atoms with Gasteiger partial charge in [0.2, 0.25) is 8.32 Å². The smallest absolute Gasteiger partial charge is 0.344 e. The highest BCUT2D eigenvalue weighted by Gasteiger charge is 2.45. The van der Waals surface area contributed by atoms with E-state index in [0.717, 1.165) is 0 Å². The lowest BCUT2D eigenvalue weighted by molar-refractivity contribution is 0.0600.